The average molecular weight is 886 g/mol. The van der Waals surface area contributed by atoms with Crippen LogP contribution >= 0.6 is 0 Å². The molecule has 69 heavy (non-hydrogen) atoms. The van der Waals surface area contributed by atoms with Crippen LogP contribution in [0.1, 0.15) is 74.9 Å². The van der Waals surface area contributed by atoms with Gasteiger partial charge in [0.2, 0.25) is 0 Å². The van der Waals surface area contributed by atoms with E-state index >= 15 is 0 Å². The number of rotatable bonds is 3. The molecule has 0 radical (unpaired) electrons. The maximum absolute atomic E-state index is 6.86. The van der Waals surface area contributed by atoms with Crippen LogP contribution in [0.5, 0.6) is 11.5 Å². The molecule has 2 aliphatic carbocycles. The number of benzene rings is 10. The summed E-state index contributed by atoms with van der Waals surface area (Å²) in [5, 5.41) is 4.83. The summed E-state index contributed by atoms with van der Waals surface area (Å²) >= 11 is 0. The fourth-order valence-electron chi connectivity index (χ4n) is 12.4. The summed E-state index contributed by atoms with van der Waals surface area (Å²) in [5.41, 5.74) is 23.7. The van der Waals surface area contributed by atoms with E-state index in [9.17, 15) is 0 Å². The van der Waals surface area contributed by atoms with Gasteiger partial charge in [0.15, 0.2) is 0 Å². The van der Waals surface area contributed by atoms with E-state index in [1.54, 1.807) is 0 Å². The van der Waals surface area contributed by atoms with Crippen LogP contribution in [0.15, 0.2) is 200 Å². The van der Waals surface area contributed by atoms with E-state index in [1.165, 1.54) is 111 Å². The lowest BCUT2D eigenvalue weighted by Crippen LogP contribution is -2.27. The highest BCUT2D eigenvalue weighted by molar-refractivity contribution is 6.14. The molecule has 0 bridgehead atoms. The van der Waals surface area contributed by atoms with Gasteiger partial charge in [0.1, 0.15) is 11.5 Å². The van der Waals surface area contributed by atoms with E-state index < -0.39 is 5.41 Å². The maximum Gasteiger partial charge on any atom is 0.135 e. The smallest absolute Gasteiger partial charge is 0.135 e. The van der Waals surface area contributed by atoms with Crippen molar-refractivity contribution < 1.29 is 4.74 Å². The van der Waals surface area contributed by atoms with Crippen molar-refractivity contribution in [2.75, 3.05) is 0 Å². The number of hydrogen-bond acceptors (Lipinski definition) is 1. The molecular formula is C67H51NO. The third kappa shape index (κ3) is 5.60. The summed E-state index contributed by atoms with van der Waals surface area (Å²) < 4.78 is 9.24. The van der Waals surface area contributed by atoms with Gasteiger partial charge in [0.05, 0.1) is 16.4 Å². The lowest BCUT2D eigenvalue weighted by atomic mass is 9.68. The Balaban J connectivity index is 0.931. The first kappa shape index (κ1) is 40.2. The average Bonchev–Trinajstić information content (AvgIpc) is 3.97. The Morgan fingerprint density at radius 1 is 0.348 bits per heavy atom. The van der Waals surface area contributed by atoms with E-state index in [-0.39, 0.29) is 10.8 Å². The molecule has 0 saturated heterocycles. The zero-order valence-electron chi connectivity index (χ0n) is 39.9. The molecule has 1 aliphatic heterocycles. The highest BCUT2D eigenvalue weighted by Crippen LogP contribution is 2.64. The number of fused-ring (bicyclic) bond motifs is 15. The Morgan fingerprint density at radius 2 is 0.899 bits per heavy atom. The molecule has 0 saturated carbocycles. The number of para-hydroxylation sites is 2. The quantitative estimate of drug-likeness (QED) is 0.172. The van der Waals surface area contributed by atoms with Gasteiger partial charge in [0.25, 0.3) is 0 Å². The van der Waals surface area contributed by atoms with Crippen molar-refractivity contribution in [1.82, 2.24) is 4.57 Å². The van der Waals surface area contributed by atoms with Crippen LogP contribution in [0.25, 0.3) is 93.9 Å². The van der Waals surface area contributed by atoms with Crippen molar-refractivity contribution in [3.05, 3.63) is 234 Å². The molecule has 0 N–H and O–H groups in total. The lowest BCUT2D eigenvalue weighted by molar-refractivity contribution is 0.487. The van der Waals surface area contributed by atoms with Crippen molar-refractivity contribution in [2.24, 2.45) is 0 Å². The van der Waals surface area contributed by atoms with Gasteiger partial charge in [-0.05, 0) is 154 Å². The first-order valence-electron chi connectivity index (χ1n) is 24.5. The summed E-state index contributed by atoms with van der Waals surface area (Å²) in [5.74, 6) is 1.78. The van der Waals surface area contributed by atoms with Crippen LogP contribution in [-0.4, -0.2) is 4.57 Å². The molecule has 10 aromatic carbocycles. The van der Waals surface area contributed by atoms with Crippen LogP contribution in [0.4, 0.5) is 0 Å². The summed E-state index contributed by atoms with van der Waals surface area (Å²) in [6, 6.07) is 75.4. The Bertz CT molecular complexity index is 3940. The molecule has 11 aromatic rings. The predicted molar refractivity (Wildman–Crippen MR) is 288 cm³/mol. The third-order valence-electron chi connectivity index (χ3n) is 15.7. The molecule has 1 aromatic heterocycles. The van der Waals surface area contributed by atoms with E-state index in [2.05, 4.69) is 246 Å². The predicted octanol–water partition coefficient (Wildman–Crippen LogP) is 18.0. The van der Waals surface area contributed by atoms with Crippen LogP contribution in [0.2, 0.25) is 0 Å². The van der Waals surface area contributed by atoms with Crippen molar-refractivity contribution >= 4 is 32.6 Å². The Labute approximate surface area is 404 Å². The fourth-order valence-corrected chi connectivity index (χ4v) is 12.4. The normalized spacial score (nSPS) is 13.9. The van der Waals surface area contributed by atoms with Gasteiger partial charge in [-0.15, -0.1) is 0 Å². The summed E-state index contributed by atoms with van der Waals surface area (Å²) in [6.07, 6.45) is 0. The van der Waals surface area contributed by atoms with Gasteiger partial charge >= 0.3 is 0 Å². The number of ether oxygens (including phenoxy) is 1. The summed E-state index contributed by atoms with van der Waals surface area (Å²) in [6.45, 7) is 14.0. The molecule has 2 heterocycles. The lowest BCUT2D eigenvalue weighted by Gasteiger charge is -2.33. The number of aromatic nitrogens is 1. The second-order valence-electron chi connectivity index (χ2n) is 21.6. The van der Waals surface area contributed by atoms with E-state index in [1.807, 2.05) is 0 Å². The van der Waals surface area contributed by atoms with E-state index in [0.717, 1.165) is 28.1 Å². The van der Waals surface area contributed by atoms with Gasteiger partial charge in [-0.25, -0.2) is 0 Å². The van der Waals surface area contributed by atoms with E-state index in [4.69, 9.17) is 4.74 Å². The highest BCUT2D eigenvalue weighted by atomic mass is 16.5. The van der Waals surface area contributed by atoms with Crippen LogP contribution < -0.4 is 4.74 Å². The maximum atomic E-state index is 6.86. The van der Waals surface area contributed by atoms with Crippen LogP contribution in [0.3, 0.4) is 0 Å². The molecule has 0 unspecified atom stereocenters. The zero-order valence-corrected chi connectivity index (χ0v) is 39.9. The van der Waals surface area contributed by atoms with Gasteiger partial charge < -0.3 is 9.30 Å². The van der Waals surface area contributed by atoms with Crippen molar-refractivity contribution in [2.45, 2.75) is 57.8 Å². The van der Waals surface area contributed by atoms with Crippen molar-refractivity contribution in [3.8, 4) is 72.8 Å². The third-order valence-corrected chi connectivity index (χ3v) is 15.7. The first-order valence-corrected chi connectivity index (χ1v) is 24.5. The second-order valence-corrected chi connectivity index (χ2v) is 21.6. The Hall–Kier alpha value is -7.94. The number of hydrogen-bond donors (Lipinski definition) is 0. The van der Waals surface area contributed by atoms with Gasteiger partial charge in [-0.1, -0.05) is 187 Å². The standard InChI is InChI=1S/C67H51NO/c1-65(2,3)43-26-29-49-50-30-27-44(66(4,5)6)39-59(50)67(58(49)38-43)56-21-12-10-17-47(56)48-28-23-41(37-57(48)67)40-25-33-62-55(35-40)53-20-14-19-52-46(31-34-63(69-62)64(52)53)42-24-32-61-54(36-42)51-18-11-13-22-60(51)68(61)45-15-8-7-9-16-45/h7-39H,1-6H3. The monoisotopic (exact) mass is 885 g/mol. The molecule has 2 nitrogen and oxygen atoms in total. The molecule has 1 spiro atoms. The van der Waals surface area contributed by atoms with Crippen molar-refractivity contribution in [3.63, 3.8) is 0 Å². The zero-order chi connectivity index (χ0) is 46.6. The first-order chi connectivity index (χ1) is 33.5. The molecule has 0 atom stereocenters. The molecular weight excluding hydrogens is 835 g/mol. The fraction of sp³-hybridized carbons (Fsp3) is 0.134. The van der Waals surface area contributed by atoms with Gasteiger partial charge in [-0.3, -0.25) is 0 Å². The Kier molecular flexibility index (Phi) is 8.18. The number of nitrogens with zero attached hydrogens (tertiary/aromatic N) is 1. The Morgan fingerprint density at radius 3 is 1.65 bits per heavy atom. The summed E-state index contributed by atoms with van der Waals surface area (Å²) in [7, 11) is 0. The molecule has 0 fully saturated rings. The van der Waals surface area contributed by atoms with E-state index in [0.29, 0.717) is 0 Å². The van der Waals surface area contributed by atoms with Gasteiger partial charge in [0, 0.05) is 27.4 Å². The van der Waals surface area contributed by atoms with Gasteiger partial charge in [-0.2, -0.15) is 0 Å². The molecule has 3 aliphatic rings. The highest BCUT2D eigenvalue weighted by Gasteiger charge is 2.52. The molecule has 14 rings (SSSR count). The molecule has 2 heteroatoms. The minimum Gasteiger partial charge on any atom is -0.456 e. The minimum absolute atomic E-state index is 0.00433. The molecule has 0 amide bonds. The van der Waals surface area contributed by atoms with Crippen LogP contribution in [-0.2, 0) is 16.2 Å². The topological polar surface area (TPSA) is 14.2 Å². The van der Waals surface area contributed by atoms with Crippen molar-refractivity contribution in [1.29, 1.82) is 0 Å². The van der Waals surface area contributed by atoms with Crippen LogP contribution in [0, 0.1) is 0 Å². The molecule has 330 valence electrons. The summed E-state index contributed by atoms with van der Waals surface area (Å²) in [4.78, 5) is 0. The largest absolute Gasteiger partial charge is 0.456 e. The minimum atomic E-state index is -0.465. The SMILES string of the molecule is CC(C)(C)c1ccc2c(c1)C1(c3ccccc3-c3ccc(-c4ccc5c(c4)-c4cccc6c(-c7ccc8c(c7)c7ccccc7n8-c7ccccc7)ccc(c46)O5)cc31)c1cc(C(C)(C)C)ccc1-2. The second kappa shape index (κ2) is 14.1.